The summed E-state index contributed by atoms with van der Waals surface area (Å²) < 4.78 is 0. The topological polar surface area (TPSA) is 46.0 Å². The zero-order valence-corrected chi connectivity index (χ0v) is 9.73. The summed E-state index contributed by atoms with van der Waals surface area (Å²) in [6, 6.07) is 9.52. The monoisotopic (exact) mass is 224 g/mol. The van der Waals surface area contributed by atoms with Gasteiger partial charge in [0.05, 0.1) is 22.1 Å². The molecule has 84 valence electrons. The van der Waals surface area contributed by atoms with Gasteiger partial charge in [0, 0.05) is 6.07 Å². The molecular weight excluding hydrogens is 212 g/mol. The van der Waals surface area contributed by atoms with Gasteiger partial charge < -0.3 is 5.11 Å². The first-order chi connectivity index (χ1) is 8.13. The van der Waals surface area contributed by atoms with Gasteiger partial charge in [-0.25, -0.2) is 9.97 Å². The van der Waals surface area contributed by atoms with Crippen molar-refractivity contribution in [3.63, 3.8) is 0 Å². The predicted octanol–water partition coefficient (Wildman–Crippen LogP) is 3.11. The lowest BCUT2D eigenvalue weighted by atomic mass is 10.1. The SMILES string of the molecule is Cc1ccc2nc3cc(C)c(O)cc3nc2c1. The van der Waals surface area contributed by atoms with Crippen LogP contribution >= 0.6 is 0 Å². The zero-order chi connectivity index (χ0) is 12.0. The lowest BCUT2D eigenvalue weighted by Crippen LogP contribution is -1.89. The minimum Gasteiger partial charge on any atom is -0.508 e. The molecule has 0 fully saturated rings. The van der Waals surface area contributed by atoms with Crippen molar-refractivity contribution in [2.75, 3.05) is 0 Å². The van der Waals surface area contributed by atoms with Crippen molar-refractivity contribution in [2.24, 2.45) is 0 Å². The van der Waals surface area contributed by atoms with Crippen LogP contribution in [0.4, 0.5) is 0 Å². The standard InChI is InChI=1S/C14H12N2O/c1-8-3-4-10-11(5-8)16-13-7-14(17)9(2)6-12(13)15-10/h3-7,17H,1-2H3. The predicted molar refractivity (Wildman–Crippen MR) is 68.2 cm³/mol. The van der Waals surface area contributed by atoms with E-state index in [0.717, 1.165) is 33.2 Å². The maximum Gasteiger partial charge on any atom is 0.120 e. The Morgan fingerprint density at radius 1 is 0.824 bits per heavy atom. The van der Waals surface area contributed by atoms with Crippen LogP contribution in [0.5, 0.6) is 5.75 Å². The summed E-state index contributed by atoms with van der Waals surface area (Å²) in [5.41, 5.74) is 5.26. The molecular formula is C14H12N2O. The molecule has 3 aromatic rings. The summed E-state index contributed by atoms with van der Waals surface area (Å²) in [4.78, 5) is 9.07. The summed E-state index contributed by atoms with van der Waals surface area (Å²) in [5.74, 6) is 0.263. The molecule has 3 nitrogen and oxygen atoms in total. The highest BCUT2D eigenvalue weighted by molar-refractivity contribution is 5.87. The number of phenolic OH excluding ortho intramolecular Hbond substituents is 1. The van der Waals surface area contributed by atoms with Gasteiger partial charge in [-0.2, -0.15) is 0 Å². The number of aromatic nitrogens is 2. The molecule has 1 aromatic heterocycles. The van der Waals surface area contributed by atoms with Crippen LogP contribution in [0.25, 0.3) is 22.1 Å². The zero-order valence-electron chi connectivity index (χ0n) is 9.73. The molecule has 0 atom stereocenters. The van der Waals surface area contributed by atoms with E-state index in [0.29, 0.717) is 0 Å². The fourth-order valence-corrected chi connectivity index (χ4v) is 1.93. The number of aromatic hydroxyl groups is 1. The average molecular weight is 224 g/mol. The molecule has 0 aliphatic heterocycles. The molecule has 0 aliphatic carbocycles. The van der Waals surface area contributed by atoms with Crippen LogP contribution in [0.15, 0.2) is 30.3 Å². The van der Waals surface area contributed by atoms with E-state index in [1.54, 1.807) is 6.07 Å². The van der Waals surface area contributed by atoms with Crippen molar-refractivity contribution in [1.29, 1.82) is 0 Å². The third-order valence-corrected chi connectivity index (χ3v) is 2.91. The molecule has 0 spiro atoms. The number of hydrogen-bond donors (Lipinski definition) is 1. The maximum absolute atomic E-state index is 9.68. The second-order valence-electron chi connectivity index (χ2n) is 4.34. The minimum absolute atomic E-state index is 0.263. The molecule has 0 saturated heterocycles. The Morgan fingerprint density at radius 3 is 2.29 bits per heavy atom. The van der Waals surface area contributed by atoms with E-state index in [1.807, 2.05) is 38.1 Å². The van der Waals surface area contributed by atoms with Gasteiger partial charge in [0.25, 0.3) is 0 Å². The Morgan fingerprint density at radius 2 is 1.47 bits per heavy atom. The molecule has 0 unspecified atom stereocenters. The fourth-order valence-electron chi connectivity index (χ4n) is 1.93. The average Bonchev–Trinajstić information content (AvgIpc) is 2.28. The van der Waals surface area contributed by atoms with Crippen LogP contribution in [-0.4, -0.2) is 15.1 Å². The molecule has 1 N–H and O–H groups in total. The number of hydrogen-bond acceptors (Lipinski definition) is 3. The van der Waals surface area contributed by atoms with Gasteiger partial charge in [-0.05, 0) is 43.2 Å². The third-order valence-electron chi connectivity index (χ3n) is 2.91. The van der Waals surface area contributed by atoms with Gasteiger partial charge in [-0.15, -0.1) is 0 Å². The van der Waals surface area contributed by atoms with E-state index < -0.39 is 0 Å². The van der Waals surface area contributed by atoms with E-state index in [9.17, 15) is 5.11 Å². The summed E-state index contributed by atoms with van der Waals surface area (Å²) >= 11 is 0. The Balaban J connectivity index is 2.43. The van der Waals surface area contributed by atoms with Crippen molar-refractivity contribution >= 4 is 22.1 Å². The summed E-state index contributed by atoms with van der Waals surface area (Å²) in [6.45, 7) is 3.88. The van der Waals surface area contributed by atoms with Crippen molar-refractivity contribution in [3.8, 4) is 5.75 Å². The first kappa shape index (κ1) is 10.0. The quantitative estimate of drug-likeness (QED) is 0.597. The number of rotatable bonds is 0. The number of phenols is 1. The van der Waals surface area contributed by atoms with Crippen LogP contribution in [0.1, 0.15) is 11.1 Å². The highest BCUT2D eigenvalue weighted by atomic mass is 16.3. The molecule has 0 radical (unpaired) electrons. The lowest BCUT2D eigenvalue weighted by molar-refractivity contribution is 0.472. The molecule has 0 amide bonds. The number of aryl methyl sites for hydroxylation is 2. The minimum atomic E-state index is 0.263. The van der Waals surface area contributed by atoms with Gasteiger partial charge in [-0.3, -0.25) is 0 Å². The smallest absolute Gasteiger partial charge is 0.120 e. The van der Waals surface area contributed by atoms with E-state index in [1.165, 1.54) is 0 Å². The van der Waals surface area contributed by atoms with Gasteiger partial charge in [-0.1, -0.05) is 6.07 Å². The first-order valence-electron chi connectivity index (χ1n) is 5.51. The molecule has 1 heterocycles. The largest absolute Gasteiger partial charge is 0.508 e. The molecule has 0 saturated carbocycles. The van der Waals surface area contributed by atoms with Crippen LogP contribution in [0.2, 0.25) is 0 Å². The fraction of sp³-hybridized carbons (Fsp3) is 0.143. The molecule has 0 bridgehead atoms. The van der Waals surface area contributed by atoms with Gasteiger partial charge in [0.1, 0.15) is 5.75 Å². The van der Waals surface area contributed by atoms with Crippen molar-refractivity contribution in [2.45, 2.75) is 13.8 Å². The second kappa shape index (κ2) is 3.42. The van der Waals surface area contributed by atoms with Crippen LogP contribution in [0, 0.1) is 13.8 Å². The number of fused-ring (bicyclic) bond motifs is 2. The van der Waals surface area contributed by atoms with Crippen molar-refractivity contribution < 1.29 is 5.11 Å². The van der Waals surface area contributed by atoms with E-state index in [4.69, 9.17) is 0 Å². The molecule has 17 heavy (non-hydrogen) atoms. The van der Waals surface area contributed by atoms with Crippen LogP contribution in [-0.2, 0) is 0 Å². The van der Waals surface area contributed by atoms with E-state index in [2.05, 4.69) is 9.97 Å². The van der Waals surface area contributed by atoms with E-state index in [-0.39, 0.29) is 5.75 Å². The Kier molecular flexibility index (Phi) is 2.01. The van der Waals surface area contributed by atoms with E-state index >= 15 is 0 Å². The molecule has 2 aromatic carbocycles. The van der Waals surface area contributed by atoms with Gasteiger partial charge in [0.2, 0.25) is 0 Å². The van der Waals surface area contributed by atoms with Gasteiger partial charge in [0.15, 0.2) is 0 Å². The molecule has 0 aliphatic rings. The normalized spacial score (nSPS) is 11.2. The Labute approximate surface area is 98.8 Å². The van der Waals surface area contributed by atoms with Crippen LogP contribution < -0.4 is 0 Å². The summed E-state index contributed by atoms with van der Waals surface area (Å²) in [5, 5.41) is 9.68. The Hall–Kier alpha value is -2.16. The van der Waals surface area contributed by atoms with Crippen molar-refractivity contribution in [1.82, 2.24) is 9.97 Å². The lowest BCUT2D eigenvalue weighted by Gasteiger charge is -2.04. The second-order valence-corrected chi connectivity index (χ2v) is 4.34. The van der Waals surface area contributed by atoms with Gasteiger partial charge >= 0.3 is 0 Å². The van der Waals surface area contributed by atoms with Crippen molar-refractivity contribution in [3.05, 3.63) is 41.5 Å². The first-order valence-corrected chi connectivity index (χ1v) is 5.51. The molecule has 3 heteroatoms. The highest BCUT2D eigenvalue weighted by Gasteiger charge is 2.05. The third kappa shape index (κ3) is 1.60. The number of benzene rings is 2. The Bertz CT molecular complexity index is 735. The number of nitrogens with zero attached hydrogens (tertiary/aromatic N) is 2. The summed E-state index contributed by atoms with van der Waals surface area (Å²) in [6.07, 6.45) is 0. The maximum atomic E-state index is 9.68. The summed E-state index contributed by atoms with van der Waals surface area (Å²) in [7, 11) is 0. The molecule has 3 rings (SSSR count). The van der Waals surface area contributed by atoms with Crippen LogP contribution in [0.3, 0.4) is 0 Å². The highest BCUT2D eigenvalue weighted by Crippen LogP contribution is 2.24.